The first-order valence-corrected chi connectivity index (χ1v) is 9.20. The van der Waals surface area contributed by atoms with Crippen LogP contribution in [0.3, 0.4) is 0 Å². The molecule has 0 aromatic heterocycles. The molecule has 0 saturated carbocycles. The summed E-state index contributed by atoms with van der Waals surface area (Å²) in [5.74, 6) is 0.0797. The Balaban J connectivity index is 1.75. The van der Waals surface area contributed by atoms with Gasteiger partial charge in [-0.05, 0) is 41.3 Å². The molecule has 3 rings (SSSR count). The highest BCUT2D eigenvalue weighted by molar-refractivity contribution is 5.85. The van der Waals surface area contributed by atoms with Gasteiger partial charge in [-0.3, -0.25) is 4.79 Å². The fourth-order valence-electron chi connectivity index (χ4n) is 3.32. The molecule has 0 fully saturated rings. The second kappa shape index (κ2) is 9.19. The molecule has 0 radical (unpaired) electrons. The lowest BCUT2D eigenvalue weighted by atomic mass is 10.0. The monoisotopic (exact) mass is 363 g/mol. The third kappa shape index (κ3) is 5.31. The lowest BCUT2D eigenvalue weighted by Crippen LogP contribution is -2.31. The Hall–Kier alpha value is -2.85. The summed E-state index contributed by atoms with van der Waals surface area (Å²) in [5, 5.41) is 14.9. The maximum absolute atomic E-state index is 11.0. The third-order valence-electron chi connectivity index (χ3n) is 4.76. The van der Waals surface area contributed by atoms with Gasteiger partial charge in [0.05, 0.1) is 7.11 Å². The normalized spacial score (nSPS) is 12.0. The van der Waals surface area contributed by atoms with Crippen LogP contribution < -0.4 is 10.1 Å². The van der Waals surface area contributed by atoms with Crippen LogP contribution in [0.4, 0.5) is 0 Å². The molecule has 0 spiro atoms. The third-order valence-corrected chi connectivity index (χ3v) is 4.76. The van der Waals surface area contributed by atoms with Crippen LogP contribution in [0.15, 0.2) is 66.7 Å². The van der Waals surface area contributed by atoms with E-state index in [-0.39, 0.29) is 12.5 Å². The number of carboxylic acid groups (broad SMARTS) is 1. The molecule has 27 heavy (non-hydrogen) atoms. The Morgan fingerprint density at radius 1 is 1.04 bits per heavy atom. The summed E-state index contributed by atoms with van der Waals surface area (Å²) < 4.78 is 5.57. The summed E-state index contributed by atoms with van der Waals surface area (Å²) in [6.45, 7) is 0.630. The van der Waals surface area contributed by atoms with Gasteiger partial charge >= 0.3 is 5.97 Å². The number of nitrogens with one attached hydrogen (secondary N) is 1. The molecule has 0 amide bonds. The van der Waals surface area contributed by atoms with Crippen molar-refractivity contribution < 1.29 is 14.6 Å². The number of rotatable bonds is 9. The summed E-state index contributed by atoms with van der Waals surface area (Å²) >= 11 is 0. The van der Waals surface area contributed by atoms with Gasteiger partial charge in [-0.1, -0.05) is 54.6 Å². The molecule has 4 nitrogen and oxygen atoms in total. The van der Waals surface area contributed by atoms with Crippen molar-refractivity contribution in [3.63, 3.8) is 0 Å². The average Bonchev–Trinajstić information content (AvgIpc) is 2.70. The van der Waals surface area contributed by atoms with E-state index in [0.29, 0.717) is 13.0 Å². The van der Waals surface area contributed by atoms with Crippen molar-refractivity contribution in [1.82, 2.24) is 5.32 Å². The van der Waals surface area contributed by atoms with Crippen molar-refractivity contribution in [2.45, 2.75) is 31.8 Å². The molecule has 0 heterocycles. The Morgan fingerprint density at radius 3 is 2.37 bits per heavy atom. The van der Waals surface area contributed by atoms with Gasteiger partial charge in [-0.15, -0.1) is 0 Å². The Morgan fingerprint density at radius 2 is 1.70 bits per heavy atom. The maximum Gasteiger partial charge on any atom is 0.303 e. The Kier molecular flexibility index (Phi) is 6.44. The molecule has 0 aliphatic carbocycles. The molecule has 0 aliphatic heterocycles. The van der Waals surface area contributed by atoms with Gasteiger partial charge in [-0.2, -0.15) is 0 Å². The minimum atomic E-state index is -0.766. The highest BCUT2D eigenvalue weighted by Crippen LogP contribution is 2.26. The molecule has 0 saturated heterocycles. The summed E-state index contributed by atoms with van der Waals surface area (Å²) in [7, 11) is 1.68. The predicted molar refractivity (Wildman–Crippen MR) is 108 cm³/mol. The van der Waals surface area contributed by atoms with Crippen LogP contribution in [0.1, 0.15) is 24.0 Å². The van der Waals surface area contributed by atoms with Crippen LogP contribution in [0, 0.1) is 0 Å². The summed E-state index contributed by atoms with van der Waals surface area (Å²) in [4.78, 5) is 11.0. The Bertz CT molecular complexity index is 893. The Labute approximate surface area is 159 Å². The fourth-order valence-corrected chi connectivity index (χ4v) is 3.32. The molecule has 1 atom stereocenters. The van der Waals surface area contributed by atoms with Crippen LogP contribution in [-0.4, -0.2) is 24.2 Å². The van der Waals surface area contributed by atoms with Gasteiger partial charge in [0.1, 0.15) is 5.75 Å². The van der Waals surface area contributed by atoms with Crippen LogP contribution >= 0.6 is 0 Å². The van der Waals surface area contributed by atoms with Crippen LogP contribution in [0.5, 0.6) is 5.75 Å². The molecule has 4 heteroatoms. The van der Waals surface area contributed by atoms with E-state index in [0.717, 1.165) is 23.1 Å². The van der Waals surface area contributed by atoms with E-state index < -0.39 is 5.97 Å². The van der Waals surface area contributed by atoms with Crippen molar-refractivity contribution in [2.75, 3.05) is 7.11 Å². The van der Waals surface area contributed by atoms with Crippen molar-refractivity contribution in [1.29, 1.82) is 0 Å². The fraction of sp³-hybridized carbons (Fsp3) is 0.261. The van der Waals surface area contributed by atoms with Crippen LogP contribution in [-0.2, 0) is 17.8 Å². The number of methoxy groups -OCH3 is 1. The molecule has 3 aromatic carbocycles. The van der Waals surface area contributed by atoms with Crippen molar-refractivity contribution in [3.8, 4) is 5.75 Å². The summed E-state index contributed by atoms with van der Waals surface area (Å²) in [5.41, 5.74) is 2.27. The number of hydrogen-bond acceptors (Lipinski definition) is 3. The quantitative estimate of drug-likeness (QED) is 0.591. The second-order valence-corrected chi connectivity index (χ2v) is 6.71. The molecule has 2 N–H and O–H groups in total. The SMILES string of the molecule is COc1cc2ccccc2cc1CNC(CCC(=O)O)Cc1ccccc1. The van der Waals surface area contributed by atoms with E-state index in [1.807, 2.05) is 30.3 Å². The van der Waals surface area contributed by atoms with Gasteiger partial charge < -0.3 is 15.2 Å². The number of carboxylic acids is 1. The zero-order valence-corrected chi connectivity index (χ0v) is 15.5. The molecule has 1 unspecified atom stereocenters. The highest BCUT2D eigenvalue weighted by atomic mass is 16.5. The largest absolute Gasteiger partial charge is 0.496 e. The molecular weight excluding hydrogens is 338 g/mol. The van der Waals surface area contributed by atoms with E-state index in [9.17, 15) is 4.79 Å². The first kappa shape index (κ1) is 18.9. The number of fused-ring (bicyclic) bond motifs is 1. The first-order chi connectivity index (χ1) is 13.2. The molecule has 0 aliphatic rings. The zero-order valence-electron chi connectivity index (χ0n) is 15.5. The topological polar surface area (TPSA) is 58.6 Å². The number of ether oxygens (including phenoxy) is 1. The van der Waals surface area contributed by atoms with Gasteiger partial charge in [0.25, 0.3) is 0 Å². The number of aliphatic carboxylic acids is 1. The van der Waals surface area contributed by atoms with Gasteiger partial charge in [-0.25, -0.2) is 0 Å². The zero-order chi connectivity index (χ0) is 19.1. The minimum Gasteiger partial charge on any atom is -0.496 e. The summed E-state index contributed by atoms with van der Waals surface area (Å²) in [6, 6.07) is 22.6. The predicted octanol–water partition coefficient (Wildman–Crippen LogP) is 4.41. The van der Waals surface area contributed by atoms with Crippen molar-refractivity contribution >= 4 is 16.7 Å². The first-order valence-electron chi connectivity index (χ1n) is 9.20. The van der Waals surface area contributed by atoms with Gasteiger partial charge in [0, 0.05) is 24.6 Å². The standard InChI is InChI=1S/C23H25NO3/c1-27-22-15-19-10-6-5-9-18(19)14-20(22)16-24-21(11-12-23(25)26)13-17-7-3-2-4-8-17/h2-10,14-15,21,24H,11-13,16H2,1H3,(H,25,26). The minimum absolute atomic E-state index is 0.0830. The van der Waals surface area contributed by atoms with Crippen molar-refractivity contribution in [3.05, 3.63) is 77.9 Å². The molecule has 0 bridgehead atoms. The number of carbonyl (C=O) groups is 1. The van der Waals surface area contributed by atoms with Gasteiger partial charge in [0.15, 0.2) is 0 Å². The molecular formula is C23H25NO3. The molecule has 3 aromatic rings. The second-order valence-electron chi connectivity index (χ2n) is 6.71. The van der Waals surface area contributed by atoms with Crippen LogP contribution in [0.25, 0.3) is 10.8 Å². The number of hydrogen-bond donors (Lipinski definition) is 2. The van der Waals surface area contributed by atoms with E-state index in [1.165, 1.54) is 10.9 Å². The highest BCUT2D eigenvalue weighted by Gasteiger charge is 2.13. The smallest absolute Gasteiger partial charge is 0.303 e. The number of benzene rings is 3. The maximum atomic E-state index is 11.0. The lowest BCUT2D eigenvalue weighted by molar-refractivity contribution is -0.137. The molecule has 140 valence electrons. The summed E-state index contributed by atoms with van der Waals surface area (Å²) in [6.07, 6.45) is 1.53. The average molecular weight is 363 g/mol. The van der Waals surface area contributed by atoms with E-state index in [2.05, 4.69) is 41.7 Å². The van der Waals surface area contributed by atoms with Crippen molar-refractivity contribution in [2.24, 2.45) is 0 Å². The van der Waals surface area contributed by atoms with E-state index in [1.54, 1.807) is 7.11 Å². The van der Waals surface area contributed by atoms with Crippen LogP contribution in [0.2, 0.25) is 0 Å². The lowest BCUT2D eigenvalue weighted by Gasteiger charge is -2.20. The van der Waals surface area contributed by atoms with E-state index in [4.69, 9.17) is 9.84 Å². The van der Waals surface area contributed by atoms with Gasteiger partial charge in [0.2, 0.25) is 0 Å². The van der Waals surface area contributed by atoms with E-state index >= 15 is 0 Å².